The minimum absolute atomic E-state index is 0.575. The van der Waals surface area contributed by atoms with Crippen LogP contribution >= 0.6 is 0 Å². The van der Waals surface area contributed by atoms with Gasteiger partial charge in [0, 0.05) is 38.4 Å². The van der Waals surface area contributed by atoms with Crippen LogP contribution in [0.2, 0.25) is 0 Å². The number of para-hydroxylation sites is 2. The van der Waals surface area contributed by atoms with Gasteiger partial charge in [-0.05, 0) is 79.8 Å². The Hall–Kier alpha value is -8.41. The molecule has 288 valence electrons. The zero-order valence-electron chi connectivity index (χ0n) is 33.4. The lowest BCUT2D eigenvalue weighted by Gasteiger charge is -2.13. The lowest BCUT2D eigenvalue weighted by molar-refractivity contribution is 0.953. The first-order valence-corrected chi connectivity index (χ1v) is 21.0. The van der Waals surface area contributed by atoms with Crippen molar-refractivity contribution in [3.05, 3.63) is 212 Å². The second-order valence-electron chi connectivity index (χ2n) is 16.0. The Kier molecular flexibility index (Phi) is 7.54. The maximum absolute atomic E-state index is 5.20. The molecule has 13 aromatic rings. The number of rotatable bonds is 5. The van der Waals surface area contributed by atoms with E-state index >= 15 is 0 Å². The fraction of sp³-hybridized carbons (Fsp3) is 0. The van der Waals surface area contributed by atoms with Crippen molar-refractivity contribution in [1.29, 1.82) is 0 Å². The van der Waals surface area contributed by atoms with E-state index in [0.717, 1.165) is 49.7 Å². The van der Waals surface area contributed by atoms with Gasteiger partial charge >= 0.3 is 0 Å². The van der Waals surface area contributed by atoms with E-state index in [1.165, 1.54) is 54.2 Å². The van der Waals surface area contributed by atoms with Crippen LogP contribution < -0.4 is 0 Å². The van der Waals surface area contributed by atoms with Gasteiger partial charge in [0.15, 0.2) is 11.6 Å². The first-order valence-electron chi connectivity index (χ1n) is 21.0. The Morgan fingerprint density at radius 2 is 0.742 bits per heavy atom. The predicted octanol–water partition coefficient (Wildman–Crippen LogP) is 14.5. The minimum Gasteiger partial charge on any atom is -0.309 e. The van der Waals surface area contributed by atoms with E-state index in [2.05, 4.69) is 185 Å². The average molecular weight is 790 g/mol. The predicted molar refractivity (Wildman–Crippen MR) is 257 cm³/mol. The molecule has 0 fully saturated rings. The zero-order chi connectivity index (χ0) is 40.7. The molecule has 0 saturated carbocycles. The van der Waals surface area contributed by atoms with Gasteiger partial charge in [-0.15, -0.1) is 0 Å². The molecule has 0 spiro atoms. The smallest absolute Gasteiger partial charge is 0.238 e. The maximum Gasteiger partial charge on any atom is 0.238 e. The highest BCUT2D eigenvalue weighted by atomic mass is 15.2. The molecule has 10 aromatic carbocycles. The van der Waals surface area contributed by atoms with Crippen LogP contribution in [0.1, 0.15) is 0 Å². The first-order chi connectivity index (χ1) is 30.8. The van der Waals surface area contributed by atoms with Crippen molar-refractivity contribution >= 4 is 75.9 Å². The fourth-order valence-electron chi connectivity index (χ4n) is 9.78. The highest BCUT2D eigenvalue weighted by molar-refractivity contribution is 6.27. The van der Waals surface area contributed by atoms with E-state index in [9.17, 15) is 0 Å². The van der Waals surface area contributed by atoms with E-state index in [4.69, 9.17) is 15.0 Å². The monoisotopic (exact) mass is 789 g/mol. The quantitative estimate of drug-likeness (QED) is 0.163. The minimum atomic E-state index is 0.575. The number of hydrogen-bond acceptors (Lipinski definition) is 3. The summed E-state index contributed by atoms with van der Waals surface area (Å²) in [4.78, 5) is 15.4. The lowest BCUT2D eigenvalue weighted by atomic mass is 9.92. The van der Waals surface area contributed by atoms with Crippen LogP contribution in [0.15, 0.2) is 212 Å². The molecule has 13 rings (SSSR count). The van der Waals surface area contributed by atoms with Crippen molar-refractivity contribution < 1.29 is 0 Å². The number of aromatic nitrogens is 5. The molecule has 0 bridgehead atoms. The van der Waals surface area contributed by atoms with Gasteiger partial charge < -0.3 is 4.57 Å². The molecule has 5 heteroatoms. The topological polar surface area (TPSA) is 48.5 Å². The van der Waals surface area contributed by atoms with Gasteiger partial charge in [0.25, 0.3) is 0 Å². The molecular weight excluding hydrogens is 755 g/mol. The van der Waals surface area contributed by atoms with Gasteiger partial charge in [-0.1, -0.05) is 176 Å². The van der Waals surface area contributed by atoms with Crippen molar-refractivity contribution in [3.8, 4) is 45.5 Å². The molecule has 0 aliphatic rings. The third-order valence-corrected chi connectivity index (χ3v) is 12.6. The Bertz CT molecular complexity index is 3810. The number of fused-ring (bicyclic) bond motifs is 13. The van der Waals surface area contributed by atoms with Crippen LogP contribution in [0.25, 0.3) is 121 Å². The summed E-state index contributed by atoms with van der Waals surface area (Å²) in [5.41, 5.74) is 9.70. The summed E-state index contributed by atoms with van der Waals surface area (Å²) in [6.07, 6.45) is 0. The largest absolute Gasteiger partial charge is 0.309 e. The maximum atomic E-state index is 5.20. The summed E-state index contributed by atoms with van der Waals surface area (Å²) < 4.78 is 4.65. The molecule has 0 N–H and O–H groups in total. The van der Waals surface area contributed by atoms with Crippen molar-refractivity contribution in [1.82, 2.24) is 24.1 Å². The van der Waals surface area contributed by atoms with E-state index in [-0.39, 0.29) is 0 Å². The van der Waals surface area contributed by atoms with E-state index < -0.39 is 0 Å². The highest BCUT2D eigenvalue weighted by Gasteiger charge is 2.23. The summed E-state index contributed by atoms with van der Waals surface area (Å²) in [6, 6.07) is 75.7. The number of hydrogen-bond donors (Lipinski definition) is 0. The van der Waals surface area contributed by atoms with Crippen LogP contribution in [0.4, 0.5) is 0 Å². The van der Waals surface area contributed by atoms with Crippen LogP contribution in [0, 0.1) is 0 Å². The molecule has 0 atom stereocenters. The molecule has 0 aliphatic carbocycles. The summed E-state index contributed by atoms with van der Waals surface area (Å²) in [5, 5.41) is 12.4. The van der Waals surface area contributed by atoms with Gasteiger partial charge in [0.1, 0.15) is 0 Å². The second-order valence-corrected chi connectivity index (χ2v) is 16.0. The summed E-state index contributed by atoms with van der Waals surface area (Å²) in [7, 11) is 0. The Labute approximate surface area is 356 Å². The lowest BCUT2D eigenvalue weighted by Crippen LogP contribution is -2.06. The molecule has 0 amide bonds. The molecule has 5 nitrogen and oxygen atoms in total. The first kappa shape index (κ1) is 34.5. The third-order valence-electron chi connectivity index (χ3n) is 12.6. The second kappa shape index (κ2) is 13.6. The molecule has 0 radical (unpaired) electrons. The van der Waals surface area contributed by atoms with Crippen molar-refractivity contribution in [2.75, 3.05) is 0 Å². The van der Waals surface area contributed by atoms with E-state index in [1.807, 2.05) is 36.4 Å². The summed E-state index contributed by atoms with van der Waals surface area (Å²) in [6.45, 7) is 0. The summed E-state index contributed by atoms with van der Waals surface area (Å²) >= 11 is 0. The molecule has 0 unspecified atom stereocenters. The zero-order valence-corrected chi connectivity index (χ0v) is 33.4. The van der Waals surface area contributed by atoms with Crippen LogP contribution in [-0.4, -0.2) is 24.1 Å². The molecule has 62 heavy (non-hydrogen) atoms. The van der Waals surface area contributed by atoms with Crippen LogP contribution in [0.5, 0.6) is 0 Å². The van der Waals surface area contributed by atoms with Gasteiger partial charge in [-0.25, -0.2) is 4.98 Å². The van der Waals surface area contributed by atoms with Gasteiger partial charge in [-0.3, -0.25) is 4.57 Å². The number of benzene rings is 10. The van der Waals surface area contributed by atoms with Crippen molar-refractivity contribution in [2.45, 2.75) is 0 Å². The fourth-order valence-corrected chi connectivity index (χ4v) is 9.78. The van der Waals surface area contributed by atoms with E-state index in [1.54, 1.807) is 0 Å². The van der Waals surface area contributed by atoms with Crippen molar-refractivity contribution in [2.24, 2.45) is 0 Å². The Morgan fingerprint density at radius 1 is 0.274 bits per heavy atom. The van der Waals surface area contributed by atoms with Crippen LogP contribution in [0.3, 0.4) is 0 Å². The van der Waals surface area contributed by atoms with Gasteiger partial charge in [-0.2, -0.15) is 9.97 Å². The van der Waals surface area contributed by atoms with Crippen LogP contribution in [-0.2, 0) is 0 Å². The third kappa shape index (κ3) is 5.18. The Morgan fingerprint density at radius 3 is 1.35 bits per heavy atom. The van der Waals surface area contributed by atoms with Crippen molar-refractivity contribution in [3.63, 3.8) is 0 Å². The normalized spacial score (nSPS) is 11.9. The molecule has 0 aliphatic heterocycles. The van der Waals surface area contributed by atoms with Gasteiger partial charge in [0.2, 0.25) is 5.95 Å². The van der Waals surface area contributed by atoms with Gasteiger partial charge in [0.05, 0.1) is 22.1 Å². The molecule has 3 aromatic heterocycles. The van der Waals surface area contributed by atoms with E-state index in [0.29, 0.717) is 17.6 Å². The molecule has 0 saturated heterocycles. The Balaban J connectivity index is 1.03. The average Bonchev–Trinajstić information content (AvgIpc) is 3.87. The highest BCUT2D eigenvalue weighted by Crippen LogP contribution is 2.43. The summed E-state index contributed by atoms with van der Waals surface area (Å²) in [5.74, 6) is 1.83. The molecule has 3 heterocycles. The molecular formula is C57H35N5. The standard InChI is InChI=1S/C57H35N5/c1-3-15-37(16-4-1)55-58-56(38-17-5-2-6-18-38)60-57(59-55)62-51-26-14-12-24-48(51)53-52(62)34-33-47-46-23-11-13-25-50(46)61(54(47)53)40-30-27-36(28-31-40)39-29-32-45-43-21-8-7-19-41(43)42-20-9-10-22-44(42)49(45)35-39/h1-35H. The SMILES string of the molecule is c1ccc(-c2nc(-c3ccccc3)nc(-n3c4ccccc4c4c3ccc3c5ccccc5n(-c5ccc(-c6ccc7c8ccccc8c8ccccc8c7c6)cc5)c34)n2)cc1. The number of nitrogens with zero attached hydrogens (tertiary/aromatic N) is 5.